The van der Waals surface area contributed by atoms with Gasteiger partial charge >= 0.3 is 0 Å². The van der Waals surface area contributed by atoms with Crippen LogP contribution in [0.1, 0.15) is 18.4 Å². The van der Waals surface area contributed by atoms with Crippen molar-refractivity contribution in [2.24, 2.45) is 17.8 Å². The number of aromatic nitrogens is 1. The Morgan fingerprint density at radius 3 is 2.32 bits per heavy atom. The van der Waals surface area contributed by atoms with E-state index in [1.165, 1.54) is 49.3 Å². The van der Waals surface area contributed by atoms with Gasteiger partial charge in [0.25, 0.3) is 15.3 Å². The Morgan fingerprint density at radius 1 is 1.03 bits per heavy atom. The summed E-state index contributed by atoms with van der Waals surface area (Å²) in [6.45, 7) is 5.65. The number of aryl methyl sites for hydroxylation is 1. The van der Waals surface area contributed by atoms with Crippen LogP contribution in [0.2, 0.25) is 0 Å². The van der Waals surface area contributed by atoms with Crippen LogP contribution in [0.4, 0.5) is 0 Å². The van der Waals surface area contributed by atoms with Crippen LogP contribution in [0, 0.1) is 24.7 Å². The van der Waals surface area contributed by atoms with Gasteiger partial charge in [-0.05, 0) is 49.9 Å². The van der Waals surface area contributed by atoms with Gasteiger partial charge in [-0.25, -0.2) is 4.98 Å². The SMILES string of the molecule is Cc1ccc(S(=O)(=O)O)cc1.c1ccc2sc(OC3C4CC5CC3CN(C5)C4)nc2c1. The molecule has 0 radical (unpaired) electrons. The molecule has 7 rings (SSSR count). The fourth-order valence-electron chi connectivity index (χ4n) is 5.28. The number of thiazole rings is 1. The van der Waals surface area contributed by atoms with Gasteiger partial charge in [0.2, 0.25) is 0 Å². The average Bonchev–Trinajstić information content (AvgIpc) is 3.13. The maximum absolute atomic E-state index is 10.5. The first-order valence-corrected chi connectivity index (χ1v) is 12.9. The molecule has 1 aromatic heterocycles. The van der Waals surface area contributed by atoms with Crippen molar-refractivity contribution in [3.63, 3.8) is 0 Å². The lowest BCUT2D eigenvalue weighted by molar-refractivity contribution is -0.0984. The summed E-state index contributed by atoms with van der Waals surface area (Å²) in [5.41, 5.74) is 2.03. The zero-order valence-electron chi connectivity index (χ0n) is 17.3. The third kappa shape index (κ3) is 4.48. The van der Waals surface area contributed by atoms with E-state index in [2.05, 4.69) is 28.1 Å². The van der Waals surface area contributed by atoms with E-state index < -0.39 is 10.1 Å². The fraction of sp³-hybridized carbons (Fsp3) is 0.435. The molecule has 0 spiro atoms. The van der Waals surface area contributed by atoms with Crippen molar-refractivity contribution in [2.75, 3.05) is 19.6 Å². The van der Waals surface area contributed by atoms with E-state index in [1.807, 2.05) is 13.0 Å². The number of nitrogens with zero attached hydrogens (tertiary/aromatic N) is 2. The molecule has 3 saturated heterocycles. The minimum Gasteiger partial charge on any atom is -0.466 e. The van der Waals surface area contributed by atoms with Crippen molar-refractivity contribution in [2.45, 2.75) is 30.8 Å². The smallest absolute Gasteiger partial charge is 0.294 e. The molecule has 31 heavy (non-hydrogen) atoms. The van der Waals surface area contributed by atoms with Crippen molar-refractivity contribution in [3.8, 4) is 5.19 Å². The van der Waals surface area contributed by atoms with Gasteiger partial charge in [0, 0.05) is 31.5 Å². The molecule has 6 nitrogen and oxygen atoms in total. The number of fused-ring (bicyclic) bond motifs is 1. The van der Waals surface area contributed by atoms with Gasteiger partial charge in [0.15, 0.2) is 0 Å². The van der Waals surface area contributed by atoms with E-state index in [-0.39, 0.29) is 4.90 Å². The Hall–Kier alpha value is -2.00. The van der Waals surface area contributed by atoms with Gasteiger partial charge in [-0.2, -0.15) is 8.42 Å². The molecule has 4 bridgehead atoms. The monoisotopic (exact) mass is 458 g/mol. The first-order valence-electron chi connectivity index (χ1n) is 10.6. The maximum Gasteiger partial charge on any atom is 0.294 e. The normalized spacial score (nSPS) is 28.9. The number of para-hydroxylation sites is 1. The first kappa shape index (κ1) is 20.9. The Labute approximate surface area is 186 Å². The lowest BCUT2D eigenvalue weighted by atomic mass is 9.66. The van der Waals surface area contributed by atoms with Gasteiger partial charge < -0.3 is 9.64 Å². The van der Waals surface area contributed by atoms with Crippen LogP contribution in [0.25, 0.3) is 10.2 Å². The van der Waals surface area contributed by atoms with Gasteiger partial charge in [-0.3, -0.25) is 4.55 Å². The fourth-order valence-corrected chi connectivity index (χ4v) is 6.62. The van der Waals surface area contributed by atoms with Crippen LogP contribution in [0.3, 0.4) is 0 Å². The number of hydrogen-bond acceptors (Lipinski definition) is 6. The van der Waals surface area contributed by atoms with E-state index in [0.717, 1.165) is 34.0 Å². The van der Waals surface area contributed by atoms with Crippen LogP contribution >= 0.6 is 11.3 Å². The van der Waals surface area contributed by atoms with E-state index >= 15 is 0 Å². The highest BCUT2D eigenvalue weighted by atomic mass is 32.2. The number of ether oxygens (including phenoxy) is 1. The lowest BCUT2D eigenvalue weighted by Crippen LogP contribution is -2.61. The molecule has 0 amide bonds. The highest BCUT2D eigenvalue weighted by molar-refractivity contribution is 7.85. The topological polar surface area (TPSA) is 79.7 Å². The van der Waals surface area contributed by atoms with Crippen molar-refractivity contribution in [1.82, 2.24) is 9.88 Å². The molecule has 1 aliphatic carbocycles. The minimum atomic E-state index is -4.02. The summed E-state index contributed by atoms with van der Waals surface area (Å²) in [7, 11) is -4.02. The Morgan fingerprint density at radius 2 is 1.71 bits per heavy atom. The molecule has 2 atom stereocenters. The number of rotatable bonds is 3. The third-order valence-electron chi connectivity index (χ3n) is 6.53. The lowest BCUT2D eigenvalue weighted by Gasteiger charge is -2.55. The van der Waals surface area contributed by atoms with E-state index in [9.17, 15) is 8.42 Å². The largest absolute Gasteiger partial charge is 0.466 e. The molecule has 3 aliphatic heterocycles. The van der Waals surface area contributed by atoms with Gasteiger partial charge in [-0.1, -0.05) is 41.2 Å². The van der Waals surface area contributed by atoms with E-state index in [4.69, 9.17) is 9.29 Å². The predicted octanol–water partition coefficient (Wildman–Crippen LogP) is 4.26. The molecule has 8 heteroatoms. The molecule has 4 aliphatic rings. The Bertz CT molecular complexity index is 1110. The summed E-state index contributed by atoms with van der Waals surface area (Å²) in [5.74, 6) is 2.39. The van der Waals surface area contributed by atoms with Crippen LogP contribution in [-0.2, 0) is 10.1 Å². The Kier molecular flexibility index (Phi) is 5.50. The summed E-state index contributed by atoms with van der Waals surface area (Å²) >= 11 is 1.69. The predicted molar refractivity (Wildman–Crippen MR) is 121 cm³/mol. The van der Waals surface area contributed by atoms with Crippen LogP contribution < -0.4 is 4.74 Å². The summed E-state index contributed by atoms with van der Waals surface area (Å²) < 4.78 is 37.1. The molecule has 4 heterocycles. The second kappa shape index (κ2) is 8.16. The van der Waals surface area contributed by atoms with E-state index in [0.29, 0.717) is 6.10 Å². The second-order valence-electron chi connectivity index (χ2n) is 8.89. The maximum atomic E-state index is 10.5. The first-order chi connectivity index (χ1) is 14.8. The van der Waals surface area contributed by atoms with Crippen LogP contribution in [-0.4, -0.2) is 48.6 Å². The zero-order chi connectivity index (χ0) is 21.6. The molecule has 3 aromatic rings. The standard InChI is InChI=1S/C16H18N2OS.C7H8O3S/c1-2-4-14-13(3-1)17-16(20-14)19-15-11-5-10-6-12(15)9-18(7-10)8-11;1-6-2-4-7(5-3-6)11(8,9)10/h1-4,10-12,15H,5-9H2;2-5H,1H3,(H,8,9,10). The van der Waals surface area contributed by atoms with Crippen LogP contribution in [0.15, 0.2) is 53.4 Å². The second-order valence-corrected chi connectivity index (χ2v) is 11.3. The quantitative estimate of drug-likeness (QED) is 0.591. The minimum absolute atomic E-state index is 0.0666. The summed E-state index contributed by atoms with van der Waals surface area (Å²) in [6, 6.07) is 14.3. The third-order valence-corrected chi connectivity index (χ3v) is 8.33. The Balaban J connectivity index is 0.000000159. The molecule has 2 unspecified atom stereocenters. The average molecular weight is 459 g/mol. The number of hydrogen-bond donors (Lipinski definition) is 1. The number of benzene rings is 2. The van der Waals surface area contributed by atoms with Gasteiger partial charge in [-0.15, -0.1) is 0 Å². The highest BCUT2D eigenvalue weighted by Gasteiger charge is 2.48. The molecule has 1 saturated carbocycles. The van der Waals surface area contributed by atoms with Crippen molar-refractivity contribution in [3.05, 3.63) is 54.1 Å². The van der Waals surface area contributed by atoms with Crippen molar-refractivity contribution < 1.29 is 17.7 Å². The summed E-state index contributed by atoms with van der Waals surface area (Å²) in [4.78, 5) is 7.22. The summed E-state index contributed by atoms with van der Waals surface area (Å²) in [6.07, 6.45) is 3.13. The van der Waals surface area contributed by atoms with E-state index in [1.54, 1.807) is 23.5 Å². The summed E-state index contributed by atoms with van der Waals surface area (Å²) in [5, 5.41) is 0.874. The molecule has 1 N–H and O–H groups in total. The molecule has 4 fully saturated rings. The van der Waals surface area contributed by atoms with Crippen molar-refractivity contribution >= 4 is 31.7 Å². The molecular formula is C23H26N2O4S2. The number of piperidine rings is 3. The zero-order valence-corrected chi connectivity index (χ0v) is 19.0. The molecule has 2 aromatic carbocycles. The van der Waals surface area contributed by atoms with Crippen LogP contribution in [0.5, 0.6) is 5.19 Å². The van der Waals surface area contributed by atoms with Crippen molar-refractivity contribution in [1.29, 1.82) is 0 Å². The highest BCUT2D eigenvalue weighted by Crippen LogP contribution is 2.45. The van der Waals surface area contributed by atoms with Gasteiger partial charge in [0.1, 0.15) is 6.10 Å². The molecular weight excluding hydrogens is 432 g/mol. The van der Waals surface area contributed by atoms with Gasteiger partial charge in [0.05, 0.1) is 15.1 Å². The molecule has 164 valence electrons.